The molecule has 9 nitrogen and oxygen atoms in total. The number of aromatic nitrogens is 2. The summed E-state index contributed by atoms with van der Waals surface area (Å²) in [7, 11) is 0. The molecule has 1 rings (SSSR count). The first kappa shape index (κ1) is 20.5. The van der Waals surface area contributed by atoms with E-state index in [9.17, 15) is 19.2 Å². The van der Waals surface area contributed by atoms with Gasteiger partial charge in [0.15, 0.2) is 0 Å². The van der Waals surface area contributed by atoms with Gasteiger partial charge in [-0.05, 0) is 40.5 Å². The van der Waals surface area contributed by atoms with E-state index in [1.807, 2.05) is 0 Å². The Balaban J connectivity index is 2.61. The Morgan fingerprint density at radius 2 is 1.96 bits per heavy atom. The van der Waals surface area contributed by atoms with E-state index in [-0.39, 0.29) is 13.2 Å². The molecule has 0 aliphatic heterocycles. The van der Waals surface area contributed by atoms with Crippen LogP contribution < -0.4 is 16.6 Å². The summed E-state index contributed by atoms with van der Waals surface area (Å²) < 4.78 is 11.0. The van der Waals surface area contributed by atoms with Gasteiger partial charge < -0.3 is 14.8 Å². The third-order valence-electron chi connectivity index (χ3n) is 2.98. The van der Waals surface area contributed by atoms with Gasteiger partial charge in [-0.15, -0.1) is 0 Å². The monoisotopic (exact) mass is 355 g/mol. The van der Waals surface area contributed by atoms with Crippen molar-refractivity contribution >= 4 is 12.1 Å². The standard InChI is InChI=1S/C16H25N3O6/c1-5-24-12(20)10-19-9-11(13(21)18-14(19)22)7-6-8-17-15(23)25-16(2,3)4/h9H,5-8,10H2,1-4H3,(H,17,23)(H,18,21,22). The number of ether oxygens (including phenoxy) is 2. The zero-order chi connectivity index (χ0) is 19.0. The minimum absolute atomic E-state index is 0.208. The number of H-pyrrole nitrogens is 1. The molecule has 2 N–H and O–H groups in total. The number of nitrogens with one attached hydrogen (secondary N) is 2. The molecule has 0 aliphatic rings. The minimum atomic E-state index is -0.673. The molecule has 0 saturated carbocycles. The van der Waals surface area contributed by atoms with E-state index in [0.717, 1.165) is 4.57 Å². The molecule has 0 aliphatic carbocycles. The second kappa shape index (κ2) is 9.05. The molecule has 9 heteroatoms. The summed E-state index contributed by atoms with van der Waals surface area (Å²) in [5.74, 6) is -0.561. The van der Waals surface area contributed by atoms with Crippen molar-refractivity contribution in [2.75, 3.05) is 13.2 Å². The predicted octanol–water partition coefficient (Wildman–Crippen LogP) is 0.557. The van der Waals surface area contributed by atoms with Gasteiger partial charge >= 0.3 is 17.8 Å². The molecule has 1 amide bonds. The Morgan fingerprint density at radius 3 is 2.56 bits per heavy atom. The largest absolute Gasteiger partial charge is 0.465 e. The van der Waals surface area contributed by atoms with Crippen molar-refractivity contribution in [3.8, 4) is 0 Å². The molecule has 25 heavy (non-hydrogen) atoms. The molecule has 0 spiro atoms. The molecule has 0 bridgehead atoms. The number of amides is 1. The van der Waals surface area contributed by atoms with Crippen molar-refractivity contribution in [2.45, 2.75) is 52.7 Å². The van der Waals surface area contributed by atoms with E-state index >= 15 is 0 Å². The lowest BCUT2D eigenvalue weighted by molar-refractivity contribution is -0.143. The fraction of sp³-hybridized carbons (Fsp3) is 0.625. The number of nitrogens with zero attached hydrogens (tertiary/aromatic N) is 1. The van der Waals surface area contributed by atoms with Crippen LogP contribution in [-0.4, -0.2) is 40.4 Å². The molecule has 0 atom stereocenters. The van der Waals surface area contributed by atoms with Crippen LogP contribution >= 0.6 is 0 Å². The molecule has 1 aromatic rings. The van der Waals surface area contributed by atoms with Gasteiger partial charge in [0.25, 0.3) is 5.56 Å². The van der Waals surface area contributed by atoms with E-state index in [1.165, 1.54) is 6.20 Å². The van der Waals surface area contributed by atoms with Gasteiger partial charge in [-0.3, -0.25) is 19.1 Å². The Bertz CT molecular complexity index is 714. The first-order valence-corrected chi connectivity index (χ1v) is 8.07. The van der Waals surface area contributed by atoms with Gasteiger partial charge in [0.1, 0.15) is 12.1 Å². The fourth-order valence-corrected chi connectivity index (χ4v) is 1.98. The van der Waals surface area contributed by atoms with Crippen molar-refractivity contribution in [3.63, 3.8) is 0 Å². The number of esters is 1. The zero-order valence-electron chi connectivity index (χ0n) is 15.0. The quantitative estimate of drug-likeness (QED) is 0.545. The first-order chi connectivity index (χ1) is 11.6. The smallest absolute Gasteiger partial charge is 0.407 e. The van der Waals surface area contributed by atoms with Crippen molar-refractivity contribution in [1.82, 2.24) is 14.9 Å². The van der Waals surface area contributed by atoms with Crippen LogP contribution in [0.3, 0.4) is 0 Å². The molecule has 1 aromatic heterocycles. The lowest BCUT2D eigenvalue weighted by Crippen LogP contribution is -2.35. The molecule has 0 fully saturated rings. The summed E-state index contributed by atoms with van der Waals surface area (Å²) in [5, 5.41) is 2.59. The van der Waals surface area contributed by atoms with Crippen LogP contribution in [0.2, 0.25) is 0 Å². The number of aryl methyl sites for hydroxylation is 1. The SMILES string of the molecule is CCOC(=O)Cn1cc(CCCNC(=O)OC(C)(C)C)c(=O)[nH]c1=O. The molecule has 0 unspecified atom stereocenters. The topological polar surface area (TPSA) is 119 Å². The summed E-state index contributed by atoms with van der Waals surface area (Å²) in [6, 6.07) is 0. The summed E-state index contributed by atoms with van der Waals surface area (Å²) in [6.07, 6.45) is 1.61. The van der Waals surface area contributed by atoms with Crippen LogP contribution in [-0.2, 0) is 27.2 Å². The number of carbonyl (C=O) groups is 2. The molecule has 0 radical (unpaired) electrons. The average molecular weight is 355 g/mol. The third-order valence-corrected chi connectivity index (χ3v) is 2.98. The average Bonchev–Trinajstić information content (AvgIpc) is 2.46. The molecular weight excluding hydrogens is 330 g/mol. The Morgan fingerprint density at radius 1 is 1.28 bits per heavy atom. The highest BCUT2D eigenvalue weighted by atomic mass is 16.6. The van der Waals surface area contributed by atoms with Gasteiger partial charge in [0, 0.05) is 18.3 Å². The van der Waals surface area contributed by atoms with Crippen molar-refractivity contribution in [1.29, 1.82) is 0 Å². The summed E-state index contributed by atoms with van der Waals surface area (Å²) >= 11 is 0. The Kier molecular flexibility index (Phi) is 7.41. The van der Waals surface area contributed by atoms with Crippen LogP contribution in [0.15, 0.2) is 15.8 Å². The number of rotatable bonds is 7. The third kappa shape index (κ3) is 7.69. The number of hydrogen-bond acceptors (Lipinski definition) is 6. The fourth-order valence-electron chi connectivity index (χ4n) is 1.98. The van der Waals surface area contributed by atoms with E-state index < -0.39 is 28.9 Å². The highest BCUT2D eigenvalue weighted by Crippen LogP contribution is 2.06. The van der Waals surface area contributed by atoms with E-state index in [4.69, 9.17) is 9.47 Å². The Hall–Kier alpha value is -2.58. The number of hydrogen-bond donors (Lipinski definition) is 2. The number of aromatic amines is 1. The van der Waals surface area contributed by atoms with Crippen LogP contribution in [0, 0.1) is 0 Å². The van der Waals surface area contributed by atoms with E-state index in [1.54, 1.807) is 27.7 Å². The normalized spacial score (nSPS) is 11.0. The molecule has 1 heterocycles. The molecule has 0 saturated heterocycles. The lowest BCUT2D eigenvalue weighted by atomic mass is 10.2. The van der Waals surface area contributed by atoms with Crippen LogP contribution in [0.4, 0.5) is 4.79 Å². The van der Waals surface area contributed by atoms with Gasteiger partial charge in [0.2, 0.25) is 0 Å². The molecule has 0 aromatic carbocycles. The lowest BCUT2D eigenvalue weighted by Gasteiger charge is -2.19. The van der Waals surface area contributed by atoms with Gasteiger partial charge in [-0.25, -0.2) is 9.59 Å². The van der Waals surface area contributed by atoms with Crippen LogP contribution in [0.5, 0.6) is 0 Å². The van der Waals surface area contributed by atoms with E-state index in [0.29, 0.717) is 24.9 Å². The van der Waals surface area contributed by atoms with E-state index in [2.05, 4.69) is 10.3 Å². The predicted molar refractivity (Wildman–Crippen MR) is 90.5 cm³/mol. The molecule has 140 valence electrons. The van der Waals surface area contributed by atoms with Gasteiger partial charge in [-0.1, -0.05) is 0 Å². The maximum absolute atomic E-state index is 11.8. The second-order valence-corrected chi connectivity index (χ2v) is 6.38. The van der Waals surface area contributed by atoms with Crippen molar-refractivity contribution < 1.29 is 19.1 Å². The van der Waals surface area contributed by atoms with Crippen molar-refractivity contribution in [3.05, 3.63) is 32.6 Å². The molecular formula is C16H25N3O6. The Labute approximate surface area is 145 Å². The highest BCUT2D eigenvalue weighted by Gasteiger charge is 2.15. The second-order valence-electron chi connectivity index (χ2n) is 6.38. The van der Waals surface area contributed by atoms with Gasteiger partial charge in [0.05, 0.1) is 6.61 Å². The maximum atomic E-state index is 11.8. The van der Waals surface area contributed by atoms with Crippen molar-refractivity contribution in [2.24, 2.45) is 0 Å². The first-order valence-electron chi connectivity index (χ1n) is 8.07. The van der Waals surface area contributed by atoms with Gasteiger partial charge in [-0.2, -0.15) is 0 Å². The van der Waals surface area contributed by atoms with Crippen LogP contribution in [0.1, 0.15) is 39.7 Å². The highest BCUT2D eigenvalue weighted by molar-refractivity contribution is 5.69. The zero-order valence-corrected chi connectivity index (χ0v) is 15.0. The van der Waals surface area contributed by atoms with Crippen LogP contribution in [0.25, 0.3) is 0 Å². The summed E-state index contributed by atoms with van der Waals surface area (Å²) in [5.41, 5.74) is -1.42. The maximum Gasteiger partial charge on any atom is 0.407 e. The summed E-state index contributed by atoms with van der Waals surface area (Å²) in [6.45, 7) is 7.20. The number of alkyl carbamates (subject to hydrolysis) is 1. The number of carbonyl (C=O) groups excluding carboxylic acids is 2. The summed E-state index contributed by atoms with van der Waals surface area (Å²) in [4.78, 5) is 48.7. The minimum Gasteiger partial charge on any atom is -0.465 e.